The van der Waals surface area contributed by atoms with E-state index in [0.29, 0.717) is 10.8 Å². The van der Waals surface area contributed by atoms with E-state index in [1.165, 1.54) is 0 Å². The topological polar surface area (TPSA) is 34.1 Å². The number of hydrogen-bond acceptors (Lipinski definition) is 3. The summed E-state index contributed by atoms with van der Waals surface area (Å²) in [7, 11) is 1.61. The third-order valence-electron chi connectivity index (χ3n) is 2.72. The van der Waals surface area contributed by atoms with Gasteiger partial charge >= 0.3 is 0 Å². The van der Waals surface area contributed by atoms with Crippen molar-refractivity contribution >= 4 is 17.3 Å². The zero-order valence-electron chi connectivity index (χ0n) is 10.4. The fraction of sp³-hybridized carbons (Fsp3) is 0.214. The first-order valence-corrected chi connectivity index (χ1v) is 6.08. The number of anilines is 1. The zero-order chi connectivity index (χ0) is 13.0. The quantitative estimate of drug-likeness (QED) is 0.907. The number of benzene rings is 1. The minimum absolute atomic E-state index is 0.171. The summed E-state index contributed by atoms with van der Waals surface area (Å²) >= 11 is 5.99. The Balaban J connectivity index is 2.14. The van der Waals surface area contributed by atoms with E-state index in [1.807, 2.05) is 36.5 Å². The molecule has 0 aliphatic rings. The summed E-state index contributed by atoms with van der Waals surface area (Å²) in [4.78, 5) is 4.11. The fourth-order valence-corrected chi connectivity index (χ4v) is 1.91. The van der Waals surface area contributed by atoms with Gasteiger partial charge in [0.1, 0.15) is 5.75 Å². The van der Waals surface area contributed by atoms with Crippen molar-refractivity contribution in [1.82, 2.24) is 4.98 Å². The first-order valence-electron chi connectivity index (χ1n) is 5.70. The molecule has 0 saturated carbocycles. The molecule has 0 spiro atoms. The summed E-state index contributed by atoms with van der Waals surface area (Å²) in [6, 6.07) is 9.77. The van der Waals surface area contributed by atoms with E-state index in [1.54, 1.807) is 13.3 Å². The summed E-state index contributed by atoms with van der Waals surface area (Å²) in [5.41, 5.74) is 2.10. The van der Waals surface area contributed by atoms with Crippen LogP contribution in [-0.2, 0) is 0 Å². The molecular formula is C14H15ClN2O. The van der Waals surface area contributed by atoms with Crippen LogP contribution in [0, 0.1) is 0 Å². The van der Waals surface area contributed by atoms with Gasteiger partial charge in [-0.3, -0.25) is 4.98 Å². The summed E-state index contributed by atoms with van der Waals surface area (Å²) in [5, 5.41) is 3.99. The van der Waals surface area contributed by atoms with Gasteiger partial charge in [-0.2, -0.15) is 0 Å². The lowest BCUT2D eigenvalue weighted by molar-refractivity contribution is 0.415. The van der Waals surface area contributed by atoms with Gasteiger partial charge in [0.05, 0.1) is 18.2 Å². The van der Waals surface area contributed by atoms with E-state index in [0.717, 1.165) is 11.3 Å². The van der Waals surface area contributed by atoms with E-state index in [4.69, 9.17) is 16.3 Å². The first kappa shape index (κ1) is 12.7. The number of nitrogens with one attached hydrogen (secondary N) is 1. The van der Waals surface area contributed by atoms with Gasteiger partial charge in [-0.15, -0.1) is 0 Å². The van der Waals surface area contributed by atoms with Crippen LogP contribution in [0.5, 0.6) is 5.75 Å². The molecule has 0 aliphatic carbocycles. The van der Waals surface area contributed by atoms with Crippen molar-refractivity contribution < 1.29 is 4.74 Å². The average Bonchev–Trinajstić information content (AvgIpc) is 2.42. The second-order valence-electron chi connectivity index (χ2n) is 4.00. The van der Waals surface area contributed by atoms with Gasteiger partial charge in [-0.25, -0.2) is 0 Å². The van der Waals surface area contributed by atoms with Crippen LogP contribution in [0.4, 0.5) is 5.69 Å². The molecule has 1 N–H and O–H groups in total. The molecule has 0 radical (unpaired) electrons. The largest absolute Gasteiger partial charge is 0.495 e. The van der Waals surface area contributed by atoms with Crippen molar-refractivity contribution in [3.8, 4) is 5.75 Å². The monoisotopic (exact) mass is 262 g/mol. The normalized spacial score (nSPS) is 11.9. The number of rotatable bonds is 4. The van der Waals surface area contributed by atoms with E-state index < -0.39 is 0 Å². The Kier molecular flexibility index (Phi) is 4.05. The van der Waals surface area contributed by atoms with Crippen LogP contribution in [0.15, 0.2) is 42.7 Å². The second-order valence-corrected chi connectivity index (χ2v) is 4.41. The third-order valence-corrected chi connectivity index (χ3v) is 3.03. The summed E-state index contributed by atoms with van der Waals surface area (Å²) in [6.07, 6.45) is 3.62. The molecule has 1 heterocycles. The first-order chi connectivity index (χ1) is 8.70. The number of hydrogen-bond donors (Lipinski definition) is 1. The Morgan fingerprint density at radius 3 is 2.83 bits per heavy atom. The average molecular weight is 263 g/mol. The Hall–Kier alpha value is -1.74. The summed E-state index contributed by atoms with van der Waals surface area (Å²) < 4.78 is 5.19. The number of halogens is 1. The van der Waals surface area contributed by atoms with Crippen molar-refractivity contribution in [3.05, 3.63) is 53.3 Å². The van der Waals surface area contributed by atoms with Crippen LogP contribution >= 0.6 is 11.6 Å². The Morgan fingerprint density at radius 2 is 2.17 bits per heavy atom. The SMILES string of the molecule is COc1cc(NC(C)c2cccnc2)ccc1Cl. The highest BCUT2D eigenvalue weighted by Crippen LogP contribution is 2.29. The molecule has 3 nitrogen and oxygen atoms in total. The highest BCUT2D eigenvalue weighted by molar-refractivity contribution is 6.32. The summed E-state index contributed by atoms with van der Waals surface area (Å²) in [6.45, 7) is 2.08. The minimum Gasteiger partial charge on any atom is -0.495 e. The standard InChI is InChI=1S/C14H15ClN2O/c1-10(11-4-3-7-16-9-11)17-12-5-6-13(15)14(8-12)18-2/h3-10,17H,1-2H3. The highest BCUT2D eigenvalue weighted by Gasteiger charge is 2.07. The molecule has 94 valence electrons. The van der Waals surface area contributed by atoms with Crippen LogP contribution in [0.2, 0.25) is 5.02 Å². The van der Waals surface area contributed by atoms with Gasteiger partial charge in [0.25, 0.3) is 0 Å². The molecule has 1 aromatic heterocycles. The highest BCUT2D eigenvalue weighted by atomic mass is 35.5. The van der Waals surface area contributed by atoms with E-state index in [2.05, 4.69) is 17.2 Å². The lowest BCUT2D eigenvalue weighted by Gasteiger charge is -2.16. The van der Waals surface area contributed by atoms with Gasteiger partial charge in [-0.1, -0.05) is 17.7 Å². The molecule has 0 amide bonds. The number of aromatic nitrogens is 1. The van der Waals surface area contributed by atoms with Crippen LogP contribution < -0.4 is 10.1 Å². The van der Waals surface area contributed by atoms with Crippen LogP contribution in [0.1, 0.15) is 18.5 Å². The predicted octanol–water partition coefficient (Wildman–Crippen LogP) is 3.92. The number of nitrogens with zero attached hydrogens (tertiary/aromatic N) is 1. The van der Waals surface area contributed by atoms with Gasteiger partial charge in [0, 0.05) is 24.1 Å². The molecular weight excluding hydrogens is 248 g/mol. The molecule has 1 aromatic carbocycles. The Bertz CT molecular complexity index is 516. The molecule has 0 saturated heterocycles. The van der Waals surface area contributed by atoms with Crippen LogP contribution in [-0.4, -0.2) is 12.1 Å². The van der Waals surface area contributed by atoms with Crippen molar-refractivity contribution in [3.63, 3.8) is 0 Å². The lowest BCUT2D eigenvalue weighted by atomic mass is 10.1. The Morgan fingerprint density at radius 1 is 1.33 bits per heavy atom. The van der Waals surface area contributed by atoms with E-state index in [9.17, 15) is 0 Å². The van der Waals surface area contributed by atoms with Gasteiger partial charge in [0.2, 0.25) is 0 Å². The van der Waals surface area contributed by atoms with Gasteiger partial charge in [-0.05, 0) is 30.7 Å². The number of pyridine rings is 1. The van der Waals surface area contributed by atoms with Crippen molar-refractivity contribution in [2.45, 2.75) is 13.0 Å². The Labute approximate surface area is 112 Å². The second kappa shape index (κ2) is 5.74. The molecule has 18 heavy (non-hydrogen) atoms. The maximum absolute atomic E-state index is 5.99. The number of methoxy groups -OCH3 is 1. The van der Waals surface area contributed by atoms with Gasteiger partial charge < -0.3 is 10.1 Å². The van der Waals surface area contributed by atoms with Gasteiger partial charge in [0.15, 0.2) is 0 Å². The molecule has 0 aliphatic heterocycles. The molecule has 2 aromatic rings. The van der Waals surface area contributed by atoms with Crippen LogP contribution in [0.25, 0.3) is 0 Å². The van der Waals surface area contributed by atoms with E-state index >= 15 is 0 Å². The van der Waals surface area contributed by atoms with Crippen molar-refractivity contribution in [2.24, 2.45) is 0 Å². The zero-order valence-corrected chi connectivity index (χ0v) is 11.1. The molecule has 1 atom stereocenters. The van der Waals surface area contributed by atoms with Crippen molar-refractivity contribution in [2.75, 3.05) is 12.4 Å². The fourth-order valence-electron chi connectivity index (χ4n) is 1.72. The third kappa shape index (κ3) is 2.93. The summed E-state index contributed by atoms with van der Waals surface area (Å²) in [5.74, 6) is 0.667. The maximum Gasteiger partial charge on any atom is 0.139 e. The van der Waals surface area contributed by atoms with Crippen LogP contribution in [0.3, 0.4) is 0 Å². The lowest BCUT2D eigenvalue weighted by Crippen LogP contribution is -2.06. The smallest absolute Gasteiger partial charge is 0.139 e. The molecule has 1 unspecified atom stereocenters. The molecule has 2 rings (SSSR count). The predicted molar refractivity (Wildman–Crippen MR) is 74.3 cm³/mol. The maximum atomic E-state index is 5.99. The molecule has 0 fully saturated rings. The van der Waals surface area contributed by atoms with E-state index in [-0.39, 0.29) is 6.04 Å². The van der Waals surface area contributed by atoms with Crippen molar-refractivity contribution in [1.29, 1.82) is 0 Å². The number of ether oxygens (including phenoxy) is 1. The minimum atomic E-state index is 0.171. The molecule has 0 bridgehead atoms. The molecule has 4 heteroatoms.